The van der Waals surface area contributed by atoms with Crippen LogP contribution in [0.2, 0.25) is 0 Å². The molecule has 3 aromatic rings. The van der Waals surface area contributed by atoms with E-state index in [-0.39, 0.29) is 11.8 Å². The second-order valence-electron chi connectivity index (χ2n) is 6.57. The van der Waals surface area contributed by atoms with Crippen LogP contribution in [0.5, 0.6) is 0 Å². The van der Waals surface area contributed by atoms with Gasteiger partial charge in [0.2, 0.25) is 0 Å². The summed E-state index contributed by atoms with van der Waals surface area (Å²) >= 11 is 4.46. The van der Waals surface area contributed by atoms with E-state index in [9.17, 15) is 9.59 Å². The van der Waals surface area contributed by atoms with Gasteiger partial charge in [0.1, 0.15) is 13.7 Å². The van der Waals surface area contributed by atoms with Crippen LogP contribution in [-0.4, -0.2) is 24.6 Å². The summed E-state index contributed by atoms with van der Waals surface area (Å²) in [5.74, 6) is -0.168. The molecule has 0 bridgehead atoms. The molecule has 0 aliphatic rings. The van der Waals surface area contributed by atoms with Crippen molar-refractivity contribution in [2.45, 2.75) is 11.8 Å². The highest BCUT2D eigenvalue weighted by Gasteiger charge is 2.09. The second-order valence-corrected chi connectivity index (χ2v) is 7.05. The van der Waals surface area contributed by atoms with Crippen molar-refractivity contribution >= 4 is 43.6 Å². The number of nitrogens with zero attached hydrogens (tertiary/aromatic N) is 1. The number of aromatic nitrogens is 1. The van der Waals surface area contributed by atoms with Crippen molar-refractivity contribution in [2.24, 2.45) is 0 Å². The number of benzene rings is 2. The number of carbonyl (C=O) groups excluding carboxylic acids is 2. The molecule has 0 fully saturated rings. The van der Waals surface area contributed by atoms with Crippen molar-refractivity contribution in [3.05, 3.63) is 84.2 Å². The van der Waals surface area contributed by atoms with Crippen molar-refractivity contribution in [1.29, 1.82) is 0 Å². The monoisotopic (exact) mass is 401 g/mol. The Morgan fingerprint density at radius 2 is 1.76 bits per heavy atom. The molecule has 0 saturated heterocycles. The molecule has 0 aliphatic heterocycles. The van der Waals surface area contributed by atoms with Gasteiger partial charge in [0.05, 0.1) is 0 Å². The van der Waals surface area contributed by atoms with Crippen molar-refractivity contribution < 1.29 is 9.59 Å². The van der Waals surface area contributed by atoms with Gasteiger partial charge in [0.15, 0.2) is 0 Å². The fourth-order valence-corrected chi connectivity index (χ4v) is 2.89. The van der Waals surface area contributed by atoms with Crippen molar-refractivity contribution in [2.75, 3.05) is 5.32 Å². The number of pyridine rings is 1. The zero-order chi connectivity index (χ0) is 20.8. The van der Waals surface area contributed by atoms with Crippen molar-refractivity contribution in [3.63, 3.8) is 0 Å². The van der Waals surface area contributed by atoms with Crippen molar-refractivity contribution in [3.8, 4) is 11.1 Å². The average molecular weight is 401 g/mol. The molecule has 29 heavy (non-hydrogen) atoms. The second kappa shape index (κ2) is 9.25. The molecule has 7 heteroatoms. The standard InChI is InChI=1S/C22H20BN3O2S/c1-14(21(27)26-20-11-10-17(23)13-24-20)12-25-22(28)16-8-6-15(7-9-16)18-4-2-3-5-19(18)29/h2-13,29H,23H2,1H3,(H,25,28)(H,24,26,27)/b14-12-. The first-order chi connectivity index (χ1) is 13.9. The summed E-state index contributed by atoms with van der Waals surface area (Å²) in [6.45, 7) is 1.62. The molecule has 144 valence electrons. The van der Waals surface area contributed by atoms with E-state index < -0.39 is 0 Å². The Labute approximate surface area is 176 Å². The van der Waals surface area contributed by atoms with Crippen LogP contribution in [0.25, 0.3) is 11.1 Å². The number of hydrogen-bond acceptors (Lipinski definition) is 4. The topological polar surface area (TPSA) is 71.1 Å². The fraction of sp³-hybridized carbons (Fsp3) is 0.0455. The van der Waals surface area contributed by atoms with Crippen LogP contribution in [0, 0.1) is 0 Å². The number of amides is 2. The van der Waals surface area contributed by atoms with Crippen LogP contribution in [0.1, 0.15) is 17.3 Å². The third kappa shape index (κ3) is 5.36. The van der Waals surface area contributed by atoms with E-state index in [0.717, 1.165) is 21.5 Å². The molecule has 3 rings (SSSR count). The first-order valence-corrected chi connectivity index (χ1v) is 9.49. The molecule has 0 saturated carbocycles. The van der Waals surface area contributed by atoms with Gasteiger partial charge in [-0.15, -0.1) is 12.6 Å². The smallest absolute Gasteiger partial charge is 0.255 e. The van der Waals surface area contributed by atoms with Gasteiger partial charge in [-0.25, -0.2) is 4.98 Å². The van der Waals surface area contributed by atoms with Crippen LogP contribution in [0.3, 0.4) is 0 Å². The molecule has 1 aromatic heterocycles. The SMILES string of the molecule is Bc1ccc(NC(=O)/C(C)=C\NC(=O)c2ccc(-c3ccccc3S)cc2)nc1. The molecule has 0 radical (unpaired) electrons. The zero-order valence-electron chi connectivity index (χ0n) is 16.1. The van der Waals surface area contributed by atoms with E-state index in [1.807, 2.05) is 50.3 Å². The molecule has 0 spiro atoms. The Kier molecular flexibility index (Phi) is 6.52. The average Bonchev–Trinajstić information content (AvgIpc) is 2.74. The highest BCUT2D eigenvalue weighted by molar-refractivity contribution is 7.80. The molecule has 2 amide bonds. The summed E-state index contributed by atoms with van der Waals surface area (Å²) < 4.78 is 0. The van der Waals surface area contributed by atoms with Crippen LogP contribution in [0.4, 0.5) is 5.82 Å². The number of anilines is 1. The predicted octanol–water partition coefficient (Wildman–Crippen LogP) is 2.57. The maximum Gasteiger partial charge on any atom is 0.255 e. The quantitative estimate of drug-likeness (QED) is 0.350. The summed E-state index contributed by atoms with van der Waals surface area (Å²) in [4.78, 5) is 29.6. The van der Waals surface area contributed by atoms with E-state index >= 15 is 0 Å². The van der Waals surface area contributed by atoms with Crippen LogP contribution >= 0.6 is 12.6 Å². The summed E-state index contributed by atoms with van der Waals surface area (Å²) in [6, 6.07) is 18.6. The van der Waals surface area contributed by atoms with Gasteiger partial charge in [-0.05, 0) is 42.3 Å². The summed E-state index contributed by atoms with van der Waals surface area (Å²) in [5, 5.41) is 5.33. The summed E-state index contributed by atoms with van der Waals surface area (Å²) in [5.41, 5.74) is 3.84. The minimum Gasteiger partial charge on any atom is -0.328 e. The molecule has 0 aliphatic carbocycles. The first kappa shape index (κ1) is 20.4. The first-order valence-electron chi connectivity index (χ1n) is 9.04. The van der Waals surface area contributed by atoms with E-state index in [1.165, 1.54) is 6.20 Å². The van der Waals surface area contributed by atoms with Crippen LogP contribution < -0.4 is 16.1 Å². The highest BCUT2D eigenvalue weighted by atomic mass is 32.1. The minimum absolute atomic E-state index is 0.295. The molecule has 2 N–H and O–H groups in total. The molecule has 0 unspecified atom stereocenters. The maximum atomic E-state index is 12.4. The van der Waals surface area contributed by atoms with E-state index in [0.29, 0.717) is 17.0 Å². The number of carbonyl (C=O) groups is 2. The summed E-state index contributed by atoms with van der Waals surface area (Å²) in [7, 11) is 1.92. The lowest BCUT2D eigenvalue weighted by Gasteiger charge is -2.07. The predicted molar refractivity (Wildman–Crippen MR) is 121 cm³/mol. The highest BCUT2D eigenvalue weighted by Crippen LogP contribution is 2.26. The normalized spacial score (nSPS) is 11.0. The van der Waals surface area contributed by atoms with Gasteiger partial charge in [-0.1, -0.05) is 41.9 Å². The number of nitrogens with one attached hydrogen (secondary N) is 2. The molecule has 1 heterocycles. The Bertz CT molecular complexity index is 1060. The van der Waals surface area contributed by atoms with E-state index in [1.54, 1.807) is 31.3 Å². The van der Waals surface area contributed by atoms with Gasteiger partial charge in [0, 0.05) is 28.4 Å². The number of hydrogen-bond donors (Lipinski definition) is 3. The lowest BCUT2D eigenvalue weighted by molar-refractivity contribution is -0.112. The van der Waals surface area contributed by atoms with Gasteiger partial charge >= 0.3 is 0 Å². The number of rotatable bonds is 5. The zero-order valence-corrected chi connectivity index (χ0v) is 17.0. The van der Waals surface area contributed by atoms with Gasteiger partial charge < -0.3 is 10.6 Å². The minimum atomic E-state index is -0.331. The Balaban J connectivity index is 1.62. The van der Waals surface area contributed by atoms with E-state index in [2.05, 4.69) is 28.2 Å². The Hall–Kier alpha value is -3.32. The van der Waals surface area contributed by atoms with Crippen molar-refractivity contribution in [1.82, 2.24) is 10.3 Å². The summed E-state index contributed by atoms with van der Waals surface area (Å²) in [6.07, 6.45) is 3.06. The molecular weight excluding hydrogens is 381 g/mol. The largest absolute Gasteiger partial charge is 0.328 e. The molecule has 5 nitrogen and oxygen atoms in total. The van der Waals surface area contributed by atoms with Gasteiger partial charge in [0.25, 0.3) is 11.8 Å². The lowest BCUT2D eigenvalue weighted by atomic mass is 9.99. The van der Waals surface area contributed by atoms with Gasteiger partial charge in [-0.2, -0.15) is 0 Å². The fourth-order valence-electron chi connectivity index (χ4n) is 2.60. The Morgan fingerprint density at radius 1 is 1.03 bits per heavy atom. The number of thiol groups is 1. The lowest BCUT2D eigenvalue weighted by Crippen LogP contribution is -2.21. The third-order valence-corrected chi connectivity index (χ3v) is 4.68. The molecule has 0 atom stereocenters. The van der Waals surface area contributed by atoms with Crippen LogP contribution in [0.15, 0.2) is 83.5 Å². The molecule has 2 aromatic carbocycles. The molecular formula is C22H20BN3O2S. The third-order valence-electron chi connectivity index (χ3n) is 4.29. The Morgan fingerprint density at radius 3 is 2.41 bits per heavy atom. The van der Waals surface area contributed by atoms with Crippen LogP contribution in [-0.2, 0) is 4.79 Å². The van der Waals surface area contributed by atoms with Gasteiger partial charge in [-0.3, -0.25) is 9.59 Å². The van der Waals surface area contributed by atoms with E-state index in [4.69, 9.17) is 0 Å². The maximum absolute atomic E-state index is 12.4.